The molecule has 2 heterocycles. The molecule has 3 atom stereocenters. The molecule has 4 aromatic rings. The predicted molar refractivity (Wildman–Crippen MR) is 207 cm³/mol. The molecule has 1 aromatic heterocycles. The standard InChI is InChI=1S/C39H46BrN5O7S/c1-44(38(49)19-21-45-24-27-4-2-5-28(27)25-45)20-3-6-36(47)42-30-11-7-26(8-12-30)22-41-23-35(52-53(50,51)31-13-9-29(40)10-14-31)32-15-17-34(46)39-33(32)16-18-37(48)43-39/h7-18,27-28,35,41,46H,2-6,19-25H2,1H3,(H,42,47)(H,43,48)/t27?,28?,35-/m0/s1. The van der Waals surface area contributed by atoms with E-state index in [2.05, 4.69) is 36.4 Å². The van der Waals surface area contributed by atoms with Gasteiger partial charge in [-0.05, 0) is 90.8 Å². The molecule has 3 aromatic carbocycles. The summed E-state index contributed by atoms with van der Waals surface area (Å²) in [4.78, 5) is 44.1. The van der Waals surface area contributed by atoms with Crippen molar-refractivity contribution in [3.63, 3.8) is 0 Å². The molecule has 14 heteroatoms. The Hall–Kier alpha value is -4.08. The Morgan fingerprint density at radius 2 is 1.72 bits per heavy atom. The van der Waals surface area contributed by atoms with E-state index in [0.29, 0.717) is 49.0 Å². The Balaban J connectivity index is 0.991. The second-order valence-electron chi connectivity index (χ2n) is 14.0. The molecule has 2 unspecified atom stereocenters. The number of fused-ring (bicyclic) bond motifs is 2. The zero-order chi connectivity index (χ0) is 37.5. The Morgan fingerprint density at radius 3 is 2.43 bits per heavy atom. The first-order chi connectivity index (χ1) is 25.4. The minimum absolute atomic E-state index is 0.0187. The lowest BCUT2D eigenvalue weighted by Crippen LogP contribution is -2.32. The minimum atomic E-state index is -4.20. The maximum Gasteiger partial charge on any atom is 0.297 e. The van der Waals surface area contributed by atoms with Gasteiger partial charge in [-0.3, -0.25) is 18.6 Å². The number of halogens is 1. The van der Waals surface area contributed by atoms with Crippen molar-refractivity contribution in [1.29, 1.82) is 0 Å². The van der Waals surface area contributed by atoms with Gasteiger partial charge in [0.15, 0.2) is 0 Å². The van der Waals surface area contributed by atoms with Gasteiger partial charge < -0.3 is 30.5 Å². The second kappa shape index (κ2) is 17.4. The minimum Gasteiger partial charge on any atom is -0.506 e. The molecule has 0 bridgehead atoms. The van der Waals surface area contributed by atoms with Gasteiger partial charge in [-0.2, -0.15) is 8.42 Å². The highest BCUT2D eigenvalue weighted by Crippen LogP contribution is 2.37. The van der Waals surface area contributed by atoms with Gasteiger partial charge in [0.05, 0.1) is 10.4 Å². The maximum atomic E-state index is 13.3. The third kappa shape index (κ3) is 10.1. The van der Waals surface area contributed by atoms with E-state index in [9.17, 15) is 27.9 Å². The van der Waals surface area contributed by atoms with Crippen LogP contribution in [0.4, 0.5) is 5.69 Å². The third-order valence-electron chi connectivity index (χ3n) is 10.3. The summed E-state index contributed by atoms with van der Waals surface area (Å²) in [6.07, 6.45) is 4.35. The highest BCUT2D eigenvalue weighted by Gasteiger charge is 2.36. The molecular formula is C39H46BrN5O7S. The van der Waals surface area contributed by atoms with Crippen LogP contribution in [0.3, 0.4) is 0 Å². The lowest BCUT2D eigenvalue weighted by Gasteiger charge is -2.21. The molecule has 282 valence electrons. The number of nitrogens with one attached hydrogen (secondary N) is 3. The van der Waals surface area contributed by atoms with Gasteiger partial charge in [-0.15, -0.1) is 0 Å². The van der Waals surface area contributed by atoms with Crippen LogP contribution in [0.15, 0.2) is 87.0 Å². The first-order valence-corrected chi connectivity index (χ1v) is 20.2. The number of hydrogen-bond donors (Lipinski definition) is 4. The number of likely N-dealkylation sites (tertiary alicyclic amines) is 1. The molecule has 1 aliphatic heterocycles. The summed E-state index contributed by atoms with van der Waals surface area (Å²) in [5.74, 6) is 1.47. The average Bonchev–Trinajstić information content (AvgIpc) is 3.74. The van der Waals surface area contributed by atoms with Crippen LogP contribution in [0.25, 0.3) is 10.9 Å². The van der Waals surface area contributed by atoms with Gasteiger partial charge in [0.1, 0.15) is 11.9 Å². The molecule has 0 radical (unpaired) electrons. The number of phenols is 1. The highest BCUT2D eigenvalue weighted by atomic mass is 79.9. The highest BCUT2D eigenvalue weighted by molar-refractivity contribution is 9.10. The maximum absolute atomic E-state index is 13.3. The van der Waals surface area contributed by atoms with Crippen molar-refractivity contribution in [2.24, 2.45) is 11.8 Å². The Bertz CT molecular complexity index is 2060. The van der Waals surface area contributed by atoms with Crippen LogP contribution in [-0.4, -0.2) is 79.9 Å². The van der Waals surface area contributed by atoms with Crippen molar-refractivity contribution in [1.82, 2.24) is 20.1 Å². The molecule has 1 aliphatic carbocycles. The van der Waals surface area contributed by atoms with E-state index in [0.717, 1.165) is 41.5 Å². The van der Waals surface area contributed by atoms with Crippen LogP contribution in [0.5, 0.6) is 5.75 Å². The van der Waals surface area contributed by atoms with Crippen LogP contribution < -0.4 is 16.2 Å². The van der Waals surface area contributed by atoms with Crippen molar-refractivity contribution in [2.45, 2.75) is 56.1 Å². The summed E-state index contributed by atoms with van der Waals surface area (Å²) in [7, 11) is -2.40. The summed E-state index contributed by atoms with van der Waals surface area (Å²) in [6.45, 7) is 4.01. The number of rotatable bonds is 16. The molecule has 2 fully saturated rings. The fourth-order valence-electron chi connectivity index (χ4n) is 7.38. The van der Waals surface area contributed by atoms with Gasteiger partial charge in [-0.25, -0.2) is 0 Å². The lowest BCUT2D eigenvalue weighted by atomic mass is 10.0. The van der Waals surface area contributed by atoms with E-state index in [-0.39, 0.29) is 34.5 Å². The molecule has 1 saturated heterocycles. The van der Waals surface area contributed by atoms with Crippen molar-refractivity contribution < 1.29 is 27.3 Å². The van der Waals surface area contributed by atoms with Crippen molar-refractivity contribution in [2.75, 3.05) is 45.1 Å². The van der Waals surface area contributed by atoms with E-state index in [1.807, 2.05) is 12.1 Å². The number of aromatic hydroxyl groups is 1. The van der Waals surface area contributed by atoms with Crippen LogP contribution in [0.2, 0.25) is 0 Å². The topological polar surface area (TPSA) is 161 Å². The summed E-state index contributed by atoms with van der Waals surface area (Å²) in [6, 6.07) is 19.2. The van der Waals surface area contributed by atoms with Crippen molar-refractivity contribution in [3.05, 3.63) is 98.7 Å². The van der Waals surface area contributed by atoms with Gasteiger partial charge in [0.25, 0.3) is 10.1 Å². The number of aromatic nitrogens is 1. The smallest absolute Gasteiger partial charge is 0.297 e. The van der Waals surface area contributed by atoms with E-state index in [1.165, 1.54) is 49.6 Å². The summed E-state index contributed by atoms with van der Waals surface area (Å²) in [5, 5.41) is 17.0. The molecule has 2 amide bonds. The predicted octanol–water partition coefficient (Wildman–Crippen LogP) is 5.53. The van der Waals surface area contributed by atoms with E-state index in [1.54, 1.807) is 42.3 Å². The molecular weight excluding hydrogens is 762 g/mol. The monoisotopic (exact) mass is 807 g/mol. The Kier molecular flexibility index (Phi) is 12.7. The first-order valence-electron chi connectivity index (χ1n) is 18.0. The normalized spacial score (nSPS) is 17.8. The van der Waals surface area contributed by atoms with E-state index < -0.39 is 21.8 Å². The van der Waals surface area contributed by atoms with Crippen LogP contribution in [0, 0.1) is 11.8 Å². The SMILES string of the molecule is CN(CCCC(=O)Nc1ccc(CNC[C@H](OS(=O)(=O)c2ccc(Br)cc2)c2ccc(O)c3[nH]c(=O)ccc23)cc1)C(=O)CCN1CC2CCCC2C1. The van der Waals surface area contributed by atoms with E-state index >= 15 is 0 Å². The third-order valence-corrected chi connectivity index (χ3v) is 12.1. The number of carbonyl (C=O) groups excluding carboxylic acids is 2. The van der Waals surface area contributed by atoms with Gasteiger partial charge >= 0.3 is 0 Å². The average molecular weight is 809 g/mol. The Labute approximate surface area is 318 Å². The van der Waals surface area contributed by atoms with Gasteiger partial charge in [0.2, 0.25) is 17.4 Å². The number of pyridine rings is 1. The Morgan fingerprint density at radius 1 is 1.00 bits per heavy atom. The number of carbonyl (C=O) groups is 2. The fourth-order valence-corrected chi connectivity index (χ4v) is 8.71. The second-order valence-corrected chi connectivity index (χ2v) is 16.5. The lowest BCUT2D eigenvalue weighted by molar-refractivity contribution is -0.130. The molecule has 53 heavy (non-hydrogen) atoms. The zero-order valence-electron chi connectivity index (χ0n) is 29.7. The number of amides is 2. The number of aromatic amines is 1. The zero-order valence-corrected chi connectivity index (χ0v) is 32.1. The number of H-pyrrole nitrogens is 1. The fraction of sp³-hybridized carbons (Fsp3) is 0.410. The molecule has 0 spiro atoms. The van der Waals surface area contributed by atoms with Gasteiger partial charge in [0, 0.05) is 80.8 Å². The van der Waals surface area contributed by atoms with Crippen LogP contribution in [-0.2, 0) is 30.4 Å². The number of anilines is 1. The number of phenolic OH excluding ortho intramolecular Hbond substituents is 1. The number of benzene rings is 3. The summed E-state index contributed by atoms with van der Waals surface area (Å²) < 4.78 is 33.2. The molecule has 4 N–H and O–H groups in total. The van der Waals surface area contributed by atoms with Gasteiger partial charge in [-0.1, -0.05) is 40.5 Å². The van der Waals surface area contributed by atoms with Crippen molar-refractivity contribution >= 4 is 54.5 Å². The summed E-state index contributed by atoms with van der Waals surface area (Å²) in [5.41, 5.74) is 1.75. The van der Waals surface area contributed by atoms with E-state index in [4.69, 9.17) is 4.18 Å². The van der Waals surface area contributed by atoms with Crippen LogP contribution >= 0.6 is 15.9 Å². The van der Waals surface area contributed by atoms with Crippen molar-refractivity contribution in [3.8, 4) is 5.75 Å². The summed E-state index contributed by atoms with van der Waals surface area (Å²) >= 11 is 3.32. The number of nitrogens with zero attached hydrogens (tertiary/aromatic N) is 2. The molecule has 6 rings (SSSR count). The number of hydrogen-bond acceptors (Lipinski definition) is 9. The molecule has 2 aliphatic rings. The van der Waals surface area contributed by atoms with Crippen LogP contribution in [0.1, 0.15) is 55.8 Å². The molecule has 12 nitrogen and oxygen atoms in total. The largest absolute Gasteiger partial charge is 0.506 e. The quantitative estimate of drug-likeness (QED) is 0.107. The molecule has 1 saturated carbocycles. The first kappa shape index (κ1) is 38.6.